The van der Waals surface area contributed by atoms with E-state index < -0.39 is 0 Å². The molecule has 0 bridgehead atoms. The number of hydrogen-bond acceptors (Lipinski definition) is 3. The van der Waals surface area contributed by atoms with Crippen LogP contribution in [0.1, 0.15) is 0 Å². The molecule has 0 saturated heterocycles. The summed E-state index contributed by atoms with van der Waals surface area (Å²) in [7, 11) is 0. The van der Waals surface area contributed by atoms with Crippen molar-refractivity contribution in [2.24, 2.45) is 5.84 Å². The molecule has 4 nitrogen and oxygen atoms in total. The van der Waals surface area contributed by atoms with Crippen LogP contribution >= 0.6 is 0 Å². The second-order valence-corrected chi connectivity index (χ2v) is 4.01. The molecule has 0 aliphatic carbocycles. The summed E-state index contributed by atoms with van der Waals surface area (Å²) < 4.78 is 0. The predicted molar refractivity (Wildman–Crippen MR) is 72.0 cm³/mol. The summed E-state index contributed by atoms with van der Waals surface area (Å²) in [5.41, 5.74) is 2.33. The van der Waals surface area contributed by atoms with Crippen molar-refractivity contribution in [1.82, 2.24) is 4.98 Å². The maximum Gasteiger partial charge on any atom is 0.228 e. The lowest BCUT2D eigenvalue weighted by Crippen LogP contribution is -2.29. The van der Waals surface area contributed by atoms with Gasteiger partial charge in [0.1, 0.15) is 0 Å². The van der Waals surface area contributed by atoms with Gasteiger partial charge in [-0.2, -0.15) is 0 Å². The summed E-state index contributed by atoms with van der Waals surface area (Å²) in [6.07, 6.45) is 0.605. The van der Waals surface area contributed by atoms with E-state index >= 15 is 0 Å². The highest BCUT2D eigenvalue weighted by Crippen LogP contribution is 2.31. The average molecular weight is 237 g/mol. The van der Waals surface area contributed by atoms with Gasteiger partial charge in [-0.1, -0.05) is 36.4 Å². The number of rotatable bonds is 2. The lowest BCUT2D eigenvalue weighted by Gasteiger charge is -2.16. The lowest BCUT2D eigenvalue weighted by atomic mass is 10.1. The van der Waals surface area contributed by atoms with Gasteiger partial charge in [-0.3, -0.25) is 4.79 Å². The zero-order chi connectivity index (χ0) is 12.5. The normalized spacial score (nSPS) is 10.7. The van der Waals surface area contributed by atoms with E-state index in [0.29, 0.717) is 12.1 Å². The first-order chi connectivity index (χ1) is 8.81. The first kappa shape index (κ1) is 10.7. The van der Waals surface area contributed by atoms with E-state index in [1.165, 1.54) is 0 Å². The average Bonchev–Trinajstić information content (AvgIpc) is 2.44. The fourth-order valence-electron chi connectivity index (χ4n) is 2.15. The highest BCUT2D eigenvalue weighted by Gasteiger charge is 2.11. The van der Waals surface area contributed by atoms with E-state index in [4.69, 9.17) is 5.84 Å². The molecule has 0 radical (unpaired) electrons. The standard InChI is InChI=1S/C14H11N3O/c15-17(9-18)14-10-5-1-3-7-12(10)16-13-8-4-2-6-11(13)14/h1-9H,15H2. The Labute approximate surface area is 104 Å². The third-order valence-corrected chi connectivity index (χ3v) is 2.93. The largest absolute Gasteiger partial charge is 0.277 e. The van der Waals surface area contributed by atoms with Crippen LogP contribution in [-0.2, 0) is 4.79 Å². The number of carbonyl (C=O) groups excluding carboxylic acids is 1. The molecular weight excluding hydrogens is 226 g/mol. The van der Waals surface area contributed by atoms with E-state index in [1.54, 1.807) is 0 Å². The van der Waals surface area contributed by atoms with Crippen molar-refractivity contribution in [1.29, 1.82) is 0 Å². The number of nitrogens with two attached hydrogens (primary N) is 1. The molecule has 0 unspecified atom stereocenters. The SMILES string of the molecule is NN(C=O)c1c2ccccc2nc2ccccc12. The second kappa shape index (κ2) is 4.09. The van der Waals surface area contributed by atoms with Crippen molar-refractivity contribution in [3.05, 3.63) is 48.5 Å². The number of aromatic nitrogens is 1. The third-order valence-electron chi connectivity index (χ3n) is 2.93. The number of anilines is 1. The molecule has 2 N–H and O–H groups in total. The zero-order valence-corrected chi connectivity index (χ0v) is 9.58. The number of pyridine rings is 1. The fourth-order valence-corrected chi connectivity index (χ4v) is 2.15. The smallest absolute Gasteiger partial charge is 0.228 e. The van der Waals surface area contributed by atoms with Crippen LogP contribution in [-0.4, -0.2) is 11.4 Å². The molecule has 1 amide bonds. The van der Waals surface area contributed by atoms with Crippen LogP contribution in [0.5, 0.6) is 0 Å². The molecule has 0 aliphatic heterocycles. The van der Waals surface area contributed by atoms with Crippen molar-refractivity contribution in [3.8, 4) is 0 Å². The summed E-state index contributed by atoms with van der Waals surface area (Å²) in [5, 5.41) is 2.84. The van der Waals surface area contributed by atoms with Crippen LogP contribution in [0.4, 0.5) is 5.69 Å². The van der Waals surface area contributed by atoms with Gasteiger partial charge in [-0.05, 0) is 12.1 Å². The van der Waals surface area contributed by atoms with Gasteiger partial charge in [0.15, 0.2) is 0 Å². The Hall–Kier alpha value is -2.46. The van der Waals surface area contributed by atoms with Crippen LogP contribution in [0.15, 0.2) is 48.5 Å². The van der Waals surface area contributed by atoms with Crippen LogP contribution in [0, 0.1) is 0 Å². The Morgan fingerprint density at radius 1 is 0.944 bits per heavy atom. The van der Waals surface area contributed by atoms with Crippen molar-refractivity contribution in [3.63, 3.8) is 0 Å². The number of benzene rings is 2. The molecule has 1 heterocycles. The number of carbonyl (C=O) groups is 1. The van der Waals surface area contributed by atoms with Crippen LogP contribution in [0.2, 0.25) is 0 Å². The highest BCUT2D eigenvalue weighted by molar-refractivity contribution is 6.10. The van der Waals surface area contributed by atoms with Crippen LogP contribution < -0.4 is 10.9 Å². The Morgan fingerprint density at radius 3 is 1.94 bits per heavy atom. The summed E-state index contributed by atoms with van der Waals surface area (Å²) in [6, 6.07) is 15.3. The van der Waals surface area contributed by atoms with Gasteiger partial charge in [0.2, 0.25) is 6.41 Å². The summed E-state index contributed by atoms with van der Waals surface area (Å²) in [6.45, 7) is 0. The van der Waals surface area contributed by atoms with E-state index in [-0.39, 0.29) is 0 Å². The predicted octanol–water partition coefficient (Wildman–Crippen LogP) is 2.22. The van der Waals surface area contributed by atoms with Gasteiger partial charge in [0.05, 0.1) is 16.7 Å². The lowest BCUT2D eigenvalue weighted by molar-refractivity contribution is -0.107. The minimum atomic E-state index is 0.605. The molecule has 1 aromatic heterocycles. The molecule has 0 fully saturated rings. The molecule has 88 valence electrons. The Balaban J connectivity index is 2.53. The Morgan fingerprint density at radius 2 is 1.44 bits per heavy atom. The first-order valence-corrected chi connectivity index (χ1v) is 5.58. The van der Waals surface area contributed by atoms with E-state index in [0.717, 1.165) is 26.8 Å². The van der Waals surface area contributed by atoms with Crippen molar-refractivity contribution in [2.45, 2.75) is 0 Å². The molecule has 3 rings (SSSR count). The van der Waals surface area contributed by atoms with Crippen molar-refractivity contribution >= 4 is 33.9 Å². The molecule has 0 aliphatic rings. The molecule has 18 heavy (non-hydrogen) atoms. The van der Waals surface area contributed by atoms with Crippen LogP contribution in [0.25, 0.3) is 21.8 Å². The monoisotopic (exact) mass is 237 g/mol. The highest BCUT2D eigenvalue weighted by atomic mass is 16.1. The number of hydrazine groups is 1. The Bertz CT molecular complexity index is 685. The van der Waals surface area contributed by atoms with Crippen molar-refractivity contribution < 1.29 is 4.79 Å². The van der Waals surface area contributed by atoms with Gasteiger partial charge < -0.3 is 0 Å². The number of nitrogens with zero attached hydrogens (tertiary/aromatic N) is 2. The summed E-state index contributed by atoms with van der Waals surface area (Å²) in [5.74, 6) is 5.76. The Kier molecular flexibility index (Phi) is 2.42. The molecule has 3 aromatic rings. The summed E-state index contributed by atoms with van der Waals surface area (Å²) >= 11 is 0. The van der Waals surface area contributed by atoms with Gasteiger partial charge in [-0.25, -0.2) is 15.8 Å². The minimum absolute atomic E-state index is 0.605. The maximum absolute atomic E-state index is 11.0. The third kappa shape index (κ3) is 1.51. The summed E-state index contributed by atoms with van der Waals surface area (Å²) in [4.78, 5) is 15.5. The second-order valence-electron chi connectivity index (χ2n) is 4.01. The number of fused-ring (bicyclic) bond motifs is 2. The molecule has 4 heteroatoms. The maximum atomic E-state index is 11.0. The van der Waals surface area contributed by atoms with Gasteiger partial charge in [-0.15, -0.1) is 0 Å². The van der Waals surface area contributed by atoms with Gasteiger partial charge >= 0.3 is 0 Å². The number of hydrogen-bond donors (Lipinski definition) is 1. The van der Waals surface area contributed by atoms with E-state index in [2.05, 4.69) is 4.98 Å². The topological polar surface area (TPSA) is 59.2 Å². The molecule has 0 saturated carbocycles. The zero-order valence-electron chi connectivity index (χ0n) is 9.58. The number of amides is 1. The number of para-hydroxylation sites is 2. The van der Waals surface area contributed by atoms with E-state index in [1.807, 2.05) is 48.5 Å². The fraction of sp³-hybridized carbons (Fsp3) is 0. The molecule has 0 spiro atoms. The first-order valence-electron chi connectivity index (χ1n) is 5.58. The molecule has 0 atom stereocenters. The van der Waals surface area contributed by atoms with Crippen molar-refractivity contribution in [2.75, 3.05) is 5.01 Å². The van der Waals surface area contributed by atoms with Gasteiger partial charge in [0.25, 0.3) is 0 Å². The minimum Gasteiger partial charge on any atom is -0.277 e. The van der Waals surface area contributed by atoms with E-state index in [9.17, 15) is 4.79 Å². The molecular formula is C14H11N3O. The quantitative estimate of drug-likeness (QED) is 0.244. The molecule has 2 aromatic carbocycles. The van der Waals surface area contributed by atoms with Crippen LogP contribution in [0.3, 0.4) is 0 Å². The van der Waals surface area contributed by atoms with Gasteiger partial charge in [0, 0.05) is 10.8 Å².